The summed E-state index contributed by atoms with van der Waals surface area (Å²) in [5, 5.41) is 9.80. The molecule has 0 aliphatic carbocycles. The highest BCUT2D eigenvalue weighted by molar-refractivity contribution is 9.10. The molecule has 0 bridgehead atoms. The van der Waals surface area contributed by atoms with Crippen molar-refractivity contribution < 1.29 is 18.3 Å². The van der Waals surface area contributed by atoms with E-state index >= 15 is 0 Å². The second-order valence-corrected chi connectivity index (χ2v) is 5.45. The van der Waals surface area contributed by atoms with Gasteiger partial charge in [-0.2, -0.15) is 13.2 Å². The van der Waals surface area contributed by atoms with E-state index in [1.807, 2.05) is 13.8 Å². The molecule has 0 fully saturated rings. The van der Waals surface area contributed by atoms with E-state index in [9.17, 15) is 18.3 Å². The first-order valence-electron chi connectivity index (χ1n) is 5.48. The molecule has 1 aromatic rings. The molecule has 1 atom stereocenters. The van der Waals surface area contributed by atoms with Gasteiger partial charge in [0.25, 0.3) is 0 Å². The van der Waals surface area contributed by atoms with Crippen molar-refractivity contribution in [1.82, 2.24) is 0 Å². The summed E-state index contributed by atoms with van der Waals surface area (Å²) in [5.41, 5.74) is 4.66. The number of alkyl halides is 3. The van der Waals surface area contributed by atoms with Crippen LogP contribution >= 0.6 is 28.3 Å². The Morgan fingerprint density at radius 2 is 1.84 bits per heavy atom. The third kappa shape index (κ3) is 4.54. The van der Waals surface area contributed by atoms with E-state index in [4.69, 9.17) is 5.73 Å². The van der Waals surface area contributed by atoms with Crippen molar-refractivity contribution in [3.8, 4) is 5.75 Å². The van der Waals surface area contributed by atoms with E-state index in [0.717, 1.165) is 6.07 Å². The number of aromatic hydroxyl groups is 1. The number of hydrogen-bond acceptors (Lipinski definition) is 2. The van der Waals surface area contributed by atoms with Gasteiger partial charge in [-0.1, -0.05) is 13.8 Å². The molecule has 0 saturated heterocycles. The quantitative estimate of drug-likeness (QED) is 0.823. The summed E-state index contributed by atoms with van der Waals surface area (Å²) in [7, 11) is 0. The van der Waals surface area contributed by atoms with Gasteiger partial charge in [-0.3, -0.25) is 0 Å². The normalized spacial score (nSPS) is 13.3. The maximum absolute atomic E-state index is 12.9. The Morgan fingerprint density at radius 1 is 1.32 bits per heavy atom. The fourth-order valence-electron chi connectivity index (χ4n) is 1.83. The van der Waals surface area contributed by atoms with Gasteiger partial charge in [0.15, 0.2) is 0 Å². The lowest BCUT2D eigenvalue weighted by Gasteiger charge is -2.21. The van der Waals surface area contributed by atoms with Crippen LogP contribution in [0.2, 0.25) is 0 Å². The van der Waals surface area contributed by atoms with Crippen LogP contribution in [0.3, 0.4) is 0 Å². The second-order valence-electron chi connectivity index (χ2n) is 4.59. The molecule has 3 N–H and O–H groups in total. The predicted octanol–water partition coefficient (Wildman–Crippen LogP) is 4.64. The molecule has 19 heavy (non-hydrogen) atoms. The fourth-order valence-corrected chi connectivity index (χ4v) is 2.18. The first-order valence-corrected chi connectivity index (χ1v) is 6.28. The molecule has 0 amide bonds. The van der Waals surface area contributed by atoms with Crippen molar-refractivity contribution in [1.29, 1.82) is 0 Å². The zero-order valence-corrected chi connectivity index (χ0v) is 12.9. The van der Waals surface area contributed by atoms with Gasteiger partial charge in [0.1, 0.15) is 5.75 Å². The zero-order chi connectivity index (χ0) is 14.1. The van der Waals surface area contributed by atoms with Crippen LogP contribution in [0, 0.1) is 5.92 Å². The number of halogens is 5. The highest BCUT2D eigenvalue weighted by Gasteiger charge is 2.36. The minimum Gasteiger partial charge on any atom is -0.506 e. The molecule has 1 aromatic carbocycles. The van der Waals surface area contributed by atoms with E-state index in [1.165, 1.54) is 6.07 Å². The van der Waals surface area contributed by atoms with Gasteiger partial charge in [-0.15, -0.1) is 12.4 Å². The van der Waals surface area contributed by atoms with Crippen LogP contribution < -0.4 is 5.73 Å². The van der Waals surface area contributed by atoms with Crippen LogP contribution in [0.1, 0.15) is 37.4 Å². The molecule has 2 nitrogen and oxygen atoms in total. The van der Waals surface area contributed by atoms with Crippen LogP contribution in [0.15, 0.2) is 16.6 Å². The summed E-state index contributed by atoms with van der Waals surface area (Å²) in [4.78, 5) is 0. The first-order chi connectivity index (χ1) is 8.14. The zero-order valence-electron chi connectivity index (χ0n) is 10.5. The van der Waals surface area contributed by atoms with E-state index in [2.05, 4.69) is 15.9 Å². The second kappa shape index (κ2) is 6.81. The first kappa shape index (κ1) is 18.5. The van der Waals surface area contributed by atoms with Crippen molar-refractivity contribution in [2.75, 3.05) is 0 Å². The highest BCUT2D eigenvalue weighted by Crippen LogP contribution is 2.42. The summed E-state index contributed by atoms with van der Waals surface area (Å²) >= 11 is 3.01. The van der Waals surface area contributed by atoms with Gasteiger partial charge in [-0.25, -0.2) is 0 Å². The summed E-state index contributed by atoms with van der Waals surface area (Å²) in [6, 6.07) is 1.25. The third-order valence-corrected chi connectivity index (χ3v) is 3.21. The van der Waals surface area contributed by atoms with E-state index in [-0.39, 0.29) is 28.4 Å². The summed E-state index contributed by atoms with van der Waals surface area (Å²) in [5.74, 6) is -0.294. The van der Waals surface area contributed by atoms with Gasteiger partial charge in [0.2, 0.25) is 0 Å². The Hall–Kier alpha value is -0.460. The molecular weight excluding hydrogens is 346 g/mol. The maximum Gasteiger partial charge on any atom is 0.416 e. The van der Waals surface area contributed by atoms with Crippen LogP contribution in [0.25, 0.3) is 0 Å². The topological polar surface area (TPSA) is 46.2 Å². The Morgan fingerprint density at radius 3 is 2.26 bits per heavy atom. The Labute approximate surface area is 124 Å². The molecule has 0 aliphatic rings. The minimum absolute atomic E-state index is 0. The van der Waals surface area contributed by atoms with Gasteiger partial charge >= 0.3 is 6.18 Å². The van der Waals surface area contributed by atoms with Gasteiger partial charge in [0.05, 0.1) is 10.0 Å². The molecule has 0 heterocycles. The van der Waals surface area contributed by atoms with Crippen LogP contribution in [-0.4, -0.2) is 5.11 Å². The average Bonchev–Trinajstić information content (AvgIpc) is 2.18. The number of nitrogens with two attached hydrogens (primary N) is 1. The standard InChI is InChI=1S/C12H15BrF3NO.ClH/c1-6(2)5-9(17)10-7(12(14,15)16)3-4-8(13)11(10)18;/h3-4,6,9,18H,5,17H2,1-2H3;1H/t9-;/m1./s1. The maximum atomic E-state index is 12.9. The molecule has 0 aliphatic heterocycles. The lowest BCUT2D eigenvalue weighted by molar-refractivity contribution is -0.138. The molecular formula is C12H16BrClF3NO. The molecule has 0 aromatic heterocycles. The van der Waals surface area contributed by atoms with Crippen molar-refractivity contribution in [3.63, 3.8) is 0 Å². The summed E-state index contributed by atoms with van der Waals surface area (Å²) in [6.45, 7) is 3.73. The lowest BCUT2D eigenvalue weighted by Crippen LogP contribution is -2.19. The molecule has 0 unspecified atom stereocenters. The molecule has 0 spiro atoms. The Balaban J connectivity index is 0.00000324. The third-order valence-electron chi connectivity index (χ3n) is 2.57. The predicted molar refractivity (Wildman–Crippen MR) is 74.4 cm³/mol. The number of rotatable bonds is 3. The van der Waals surface area contributed by atoms with E-state index in [0.29, 0.717) is 6.42 Å². The van der Waals surface area contributed by atoms with Gasteiger partial charge in [0, 0.05) is 11.6 Å². The van der Waals surface area contributed by atoms with Gasteiger partial charge in [-0.05, 0) is 40.4 Å². The number of phenols is 1. The average molecular weight is 363 g/mol. The smallest absolute Gasteiger partial charge is 0.416 e. The number of phenolic OH excluding ortho intramolecular Hbond substituents is 1. The largest absolute Gasteiger partial charge is 0.506 e. The molecule has 110 valence electrons. The van der Waals surface area contributed by atoms with Gasteiger partial charge < -0.3 is 10.8 Å². The Kier molecular flexibility index (Phi) is 6.65. The van der Waals surface area contributed by atoms with Crippen LogP contribution in [0.4, 0.5) is 13.2 Å². The van der Waals surface area contributed by atoms with E-state index < -0.39 is 23.5 Å². The van der Waals surface area contributed by atoms with Crippen molar-refractivity contribution in [2.45, 2.75) is 32.5 Å². The van der Waals surface area contributed by atoms with Crippen molar-refractivity contribution in [3.05, 3.63) is 27.7 Å². The SMILES string of the molecule is CC(C)C[C@@H](N)c1c(C(F)(F)F)ccc(Br)c1O.Cl. The summed E-state index contributed by atoms with van der Waals surface area (Å²) in [6.07, 6.45) is -4.16. The lowest BCUT2D eigenvalue weighted by atomic mass is 9.93. The monoisotopic (exact) mass is 361 g/mol. The summed E-state index contributed by atoms with van der Waals surface area (Å²) < 4.78 is 38.8. The molecule has 0 saturated carbocycles. The van der Waals surface area contributed by atoms with Crippen molar-refractivity contribution >= 4 is 28.3 Å². The van der Waals surface area contributed by atoms with Crippen LogP contribution in [-0.2, 0) is 6.18 Å². The molecule has 0 radical (unpaired) electrons. The highest BCUT2D eigenvalue weighted by atomic mass is 79.9. The molecule has 7 heteroatoms. The van der Waals surface area contributed by atoms with Crippen LogP contribution in [0.5, 0.6) is 5.75 Å². The molecule has 1 rings (SSSR count). The Bertz CT molecular complexity index is 438. The number of hydrogen-bond donors (Lipinski definition) is 2. The number of benzene rings is 1. The van der Waals surface area contributed by atoms with E-state index in [1.54, 1.807) is 0 Å². The fraction of sp³-hybridized carbons (Fsp3) is 0.500. The minimum atomic E-state index is -4.53. The van der Waals surface area contributed by atoms with Crippen molar-refractivity contribution in [2.24, 2.45) is 11.7 Å².